The fourth-order valence-electron chi connectivity index (χ4n) is 0.487. The van der Waals surface area contributed by atoms with E-state index in [1.54, 1.807) is 13.0 Å². The van der Waals surface area contributed by atoms with Crippen molar-refractivity contribution in [3.05, 3.63) is 23.3 Å². The average molecular weight is 140 g/mol. The second-order valence-corrected chi connectivity index (χ2v) is 2.17. The first-order chi connectivity index (χ1) is 4.57. The van der Waals surface area contributed by atoms with E-state index >= 15 is 0 Å². The number of hydrogen-bond acceptors (Lipinski definition) is 1. The molecule has 0 fully saturated rings. The summed E-state index contributed by atoms with van der Waals surface area (Å²) in [7, 11) is 0. The molecule has 0 bridgehead atoms. The van der Waals surface area contributed by atoms with Gasteiger partial charge in [0.15, 0.2) is 0 Å². The normalized spacial score (nSPS) is 13.5. The van der Waals surface area contributed by atoms with Crippen LogP contribution in [0.25, 0.3) is 0 Å². The Morgan fingerprint density at radius 2 is 1.90 bits per heavy atom. The molecule has 0 amide bonds. The summed E-state index contributed by atoms with van der Waals surface area (Å²) in [6, 6.07) is 0. The molecule has 1 N–H and O–H groups in total. The van der Waals surface area contributed by atoms with Crippen LogP contribution in [0.1, 0.15) is 20.8 Å². The molecule has 2 nitrogen and oxygen atoms in total. The van der Waals surface area contributed by atoms with E-state index < -0.39 is 5.97 Å². The zero-order chi connectivity index (χ0) is 8.15. The molecule has 0 aromatic heterocycles. The predicted molar refractivity (Wildman–Crippen MR) is 40.8 cm³/mol. The standard InChI is InChI=1S/C8H12O2/c1-4-6(2)5-7(3)8(9)10/h4-5H,1-3H3,(H,9,10)/b6-4+,7-5+. The van der Waals surface area contributed by atoms with E-state index in [4.69, 9.17) is 5.11 Å². The number of carboxylic acids is 1. The van der Waals surface area contributed by atoms with Gasteiger partial charge in [-0.05, 0) is 26.8 Å². The minimum absolute atomic E-state index is 0.371. The molecule has 0 saturated carbocycles. The second kappa shape index (κ2) is 3.88. The Morgan fingerprint density at radius 1 is 1.40 bits per heavy atom. The van der Waals surface area contributed by atoms with Crippen molar-refractivity contribution in [1.29, 1.82) is 0 Å². The van der Waals surface area contributed by atoms with Crippen LogP contribution in [0.3, 0.4) is 0 Å². The average Bonchev–Trinajstić information content (AvgIpc) is 1.87. The first-order valence-corrected chi connectivity index (χ1v) is 3.12. The van der Waals surface area contributed by atoms with Crippen molar-refractivity contribution in [2.75, 3.05) is 0 Å². The maximum absolute atomic E-state index is 10.3. The van der Waals surface area contributed by atoms with Crippen molar-refractivity contribution >= 4 is 5.97 Å². The van der Waals surface area contributed by atoms with Crippen molar-refractivity contribution in [2.45, 2.75) is 20.8 Å². The van der Waals surface area contributed by atoms with Crippen LogP contribution in [0.2, 0.25) is 0 Å². The van der Waals surface area contributed by atoms with Crippen LogP contribution in [-0.4, -0.2) is 11.1 Å². The molecule has 0 rings (SSSR count). The highest BCUT2D eigenvalue weighted by molar-refractivity contribution is 5.86. The SMILES string of the molecule is C/C=C(C)/C=C(\C)C(=O)O. The topological polar surface area (TPSA) is 37.3 Å². The minimum atomic E-state index is -0.860. The second-order valence-electron chi connectivity index (χ2n) is 2.17. The number of hydrogen-bond donors (Lipinski definition) is 1. The lowest BCUT2D eigenvalue weighted by molar-refractivity contribution is -0.132. The number of aliphatic carboxylic acids is 1. The number of allylic oxidation sites excluding steroid dienone is 3. The van der Waals surface area contributed by atoms with E-state index in [1.165, 1.54) is 0 Å². The van der Waals surface area contributed by atoms with Gasteiger partial charge >= 0.3 is 5.97 Å². The third-order valence-electron chi connectivity index (χ3n) is 1.24. The van der Waals surface area contributed by atoms with Gasteiger partial charge in [-0.15, -0.1) is 0 Å². The van der Waals surface area contributed by atoms with Crippen LogP contribution in [0.15, 0.2) is 23.3 Å². The van der Waals surface area contributed by atoms with Gasteiger partial charge in [-0.2, -0.15) is 0 Å². The molecule has 0 aromatic carbocycles. The monoisotopic (exact) mass is 140 g/mol. The molecule has 0 spiro atoms. The minimum Gasteiger partial charge on any atom is -0.478 e. The highest BCUT2D eigenvalue weighted by Gasteiger charge is 1.97. The van der Waals surface area contributed by atoms with E-state index in [9.17, 15) is 4.79 Å². The van der Waals surface area contributed by atoms with Crippen molar-refractivity contribution in [3.63, 3.8) is 0 Å². The van der Waals surface area contributed by atoms with Gasteiger partial charge in [-0.1, -0.05) is 11.6 Å². The Morgan fingerprint density at radius 3 is 2.20 bits per heavy atom. The molecule has 0 aliphatic rings. The van der Waals surface area contributed by atoms with Crippen LogP contribution < -0.4 is 0 Å². The highest BCUT2D eigenvalue weighted by atomic mass is 16.4. The molecule has 0 unspecified atom stereocenters. The molecule has 10 heavy (non-hydrogen) atoms. The summed E-state index contributed by atoms with van der Waals surface area (Å²) in [4.78, 5) is 10.3. The molecule has 0 heterocycles. The summed E-state index contributed by atoms with van der Waals surface area (Å²) < 4.78 is 0. The number of rotatable bonds is 2. The summed E-state index contributed by atoms with van der Waals surface area (Å²) in [5, 5.41) is 8.43. The molecule has 0 aromatic rings. The molecule has 0 saturated heterocycles. The van der Waals surface area contributed by atoms with Gasteiger partial charge in [-0.25, -0.2) is 4.79 Å². The fourth-order valence-corrected chi connectivity index (χ4v) is 0.487. The summed E-state index contributed by atoms with van der Waals surface area (Å²) in [5.74, 6) is -0.860. The summed E-state index contributed by atoms with van der Waals surface area (Å²) in [6.45, 7) is 5.32. The third kappa shape index (κ3) is 3.07. The van der Waals surface area contributed by atoms with Crippen LogP contribution >= 0.6 is 0 Å². The zero-order valence-electron chi connectivity index (χ0n) is 6.51. The Hall–Kier alpha value is -1.05. The van der Waals surface area contributed by atoms with E-state index in [0.717, 1.165) is 5.57 Å². The first kappa shape index (κ1) is 8.95. The molecular formula is C8H12O2. The van der Waals surface area contributed by atoms with E-state index in [0.29, 0.717) is 5.57 Å². The summed E-state index contributed by atoms with van der Waals surface area (Å²) in [5.41, 5.74) is 1.34. The lowest BCUT2D eigenvalue weighted by Crippen LogP contribution is -1.95. The van der Waals surface area contributed by atoms with Crippen LogP contribution in [-0.2, 0) is 4.79 Å². The Labute approximate surface area is 60.9 Å². The smallest absolute Gasteiger partial charge is 0.331 e. The highest BCUT2D eigenvalue weighted by Crippen LogP contribution is 2.00. The van der Waals surface area contributed by atoms with Crippen molar-refractivity contribution in [1.82, 2.24) is 0 Å². The molecule has 0 aliphatic carbocycles. The number of carboxylic acid groups (broad SMARTS) is 1. The molecule has 56 valence electrons. The Balaban J connectivity index is 4.31. The zero-order valence-corrected chi connectivity index (χ0v) is 6.51. The van der Waals surface area contributed by atoms with Crippen LogP contribution in [0, 0.1) is 0 Å². The lowest BCUT2D eigenvalue weighted by atomic mass is 10.2. The van der Waals surface area contributed by atoms with Gasteiger partial charge in [0.25, 0.3) is 0 Å². The van der Waals surface area contributed by atoms with E-state index in [1.807, 2.05) is 19.9 Å². The van der Waals surface area contributed by atoms with Crippen molar-refractivity contribution in [2.24, 2.45) is 0 Å². The van der Waals surface area contributed by atoms with Gasteiger partial charge in [0, 0.05) is 5.57 Å². The molecular weight excluding hydrogens is 128 g/mol. The van der Waals surface area contributed by atoms with Crippen LogP contribution in [0.5, 0.6) is 0 Å². The first-order valence-electron chi connectivity index (χ1n) is 3.12. The number of carbonyl (C=O) groups is 1. The largest absolute Gasteiger partial charge is 0.478 e. The van der Waals surface area contributed by atoms with E-state index in [2.05, 4.69) is 0 Å². The van der Waals surface area contributed by atoms with Crippen LogP contribution in [0.4, 0.5) is 0 Å². The van der Waals surface area contributed by atoms with Gasteiger partial charge in [-0.3, -0.25) is 0 Å². The van der Waals surface area contributed by atoms with Gasteiger partial charge < -0.3 is 5.11 Å². The fraction of sp³-hybridized carbons (Fsp3) is 0.375. The molecule has 0 aliphatic heterocycles. The predicted octanol–water partition coefficient (Wildman–Crippen LogP) is 1.98. The Kier molecular flexibility index (Phi) is 3.47. The quantitative estimate of drug-likeness (QED) is 0.470. The lowest BCUT2D eigenvalue weighted by Gasteiger charge is -1.91. The maximum Gasteiger partial charge on any atom is 0.331 e. The maximum atomic E-state index is 10.3. The third-order valence-corrected chi connectivity index (χ3v) is 1.24. The molecule has 0 radical (unpaired) electrons. The summed E-state index contributed by atoms with van der Waals surface area (Å²) >= 11 is 0. The van der Waals surface area contributed by atoms with Gasteiger partial charge in [0.05, 0.1) is 0 Å². The van der Waals surface area contributed by atoms with E-state index in [-0.39, 0.29) is 0 Å². The van der Waals surface area contributed by atoms with Gasteiger partial charge in [0.2, 0.25) is 0 Å². The molecule has 0 atom stereocenters. The Bertz CT molecular complexity index is 187. The summed E-state index contributed by atoms with van der Waals surface area (Å²) in [6.07, 6.45) is 3.51. The molecule has 2 heteroatoms. The van der Waals surface area contributed by atoms with Gasteiger partial charge in [0.1, 0.15) is 0 Å². The van der Waals surface area contributed by atoms with Crippen molar-refractivity contribution < 1.29 is 9.90 Å². The van der Waals surface area contributed by atoms with Crippen molar-refractivity contribution in [3.8, 4) is 0 Å².